The maximum Gasteiger partial charge on any atom is 0.324 e. The maximum absolute atomic E-state index is 11.2. The maximum atomic E-state index is 11.2. The Morgan fingerprint density at radius 1 is 1.47 bits per heavy atom. The zero-order chi connectivity index (χ0) is 11.3. The van der Waals surface area contributed by atoms with Crippen molar-refractivity contribution in [1.82, 2.24) is 10.2 Å². The molecule has 0 aromatic rings. The second-order valence-electron chi connectivity index (χ2n) is 4.55. The van der Waals surface area contributed by atoms with E-state index < -0.39 is 11.5 Å². The number of nitrogens with one attached hydrogen (secondary N) is 1. The van der Waals surface area contributed by atoms with Gasteiger partial charge >= 0.3 is 5.97 Å². The number of carboxylic acids is 1. The number of rotatable bonds is 6. The summed E-state index contributed by atoms with van der Waals surface area (Å²) in [6.07, 6.45) is 3.36. The number of hydrogen-bond donors (Lipinski definition) is 2. The van der Waals surface area contributed by atoms with E-state index in [4.69, 9.17) is 0 Å². The van der Waals surface area contributed by atoms with Gasteiger partial charge in [-0.05, 0) is 45.8 Å². The monoisotopic (exact) mass is 214 g/mol. The molecular formula is C11H22N2O2. The van der Waals surface area contributed by atoms with Gasteiger partial charge in [0.25, 0.3) is 0 Å². The highest BCUT2D eigenvalue weighted by Gasteiger charge is 2.34. The predicted octanol–water partition coefficient (Wildman–Crippen LogP) is 0.925. The molecule has 1 aliphatic heterocycles. The highest BCUT2D eigenvalue weighted by Crippen LogP contribution is 2.13. The van der Waals surface area contributed by atoms with Gasteiger partial charge in [-0.15, -0.1) is 0 Å². The number of hydrogen-bond acceptors (Lipinski definition) is 3. The highest BCUT2D eigenvalue weighted by atomic mass is 16.4. The zero-order valence-electron chi connectivity index (χ0n) is 9.75. The number of nitrogens with zero attached hydrogens (tertiary/aromatic N) is 1. The fourth-order valence-electron chi connectivity index (χ4n) is 1.99. The van der Waals surface area contributed by atoms with Crippen molar-refractivity contribution in [3.05, 3.63) is 0 Å². The molecule has 0 bridgehead atoms. The van der Waals surface area contributed by atoms with Crippen LogP contribution in [-0.4, -0.2) is 47.7 Å². The van der Waals surface area contributed by atoms with Crippen LogP contribution in [0.5, 0.6) is 0 Å². The summed E-state index contributed by atoms with van der Waals surface area (Å²) >= 11 is 0. The van der Waals surface area contributed by atoms with E-state index >= 15 is 0 Å². The number of aliphatic carboxylic acids is 1. The Morgan fingerprint density at radius 3 is 2.53 bits per heavy atom. The lowest BCUT2D eigenvalue weighted by Gasteiger charge is -2.30. The van der Waals surface area contributed by atoms with Crippen LogP contribution in [0.3, 0.4) is 0 Å². The summed E-state index contributed by atoms with van der Waals surface area (Å²) in [5, 5.41) is 12.4. The van der Waals surface area contributed by atoms with E-state index in [-0.39, 0.29) is 0 Å². The van der Waals surface area contributed by atoms with E-state index in [9.17, 15) is 9.90 Å². The molecule has 1 aliphatic rings. The standard InChI is InChI=1S/C11H22N2O2/c1-3-6-12-11(2,10(14)15)9-13-7-4-5-8-13/h12H,3-9H2,1-2H3,(H,14,15). The van der Waals surface area contributed by atoms with Crippen molar-refractivity contribution in [2.75, 3.05) is 26.2 Å². The Kier molecular flexibility index (Phi) is 4.54. The van der Waals surface area contributed by atoms with E-state index in [1.54, 1.807) is 6.92 Å². The molecule has 2 N–H and O–H groups in total. The van der Waals surface area contributed by atoms with Crippen molar-refractivity contribution in [1.29, 1.82) is 0 Å². The Hall–Kier alpha value is -0.610. The zero-order valence-corrected chi connectivity index (χ0v) is 9.75. The average molecular weight is 214 g/mol. The Bertz CT molecular complexity index is 215. The van der Waals surface area contributed by atoms with Crippen LogP contribution < -0.4 is 5.32 Å². The average Bonchev–Trinajstić information content (AvgIpc) is 2.67. The van der Waals surface area contributed by atoms with Crippen LogP contribution in [0.25, 0.3) is 0 Å². The first kappa shape index (κ1) is 12.5. The second-order valence-corrected chi connectivity index (χ2v) is 4.55. The van der Waals surface area contributed by atoms with Gasteiger partial charge in [-0.2, -0.15) is 0 Å². The lowest BCUT2D eigenvalue weighted by molar-refractivity contribution is -0.144. The molecule has 1 saturated heterocycles. The summed E-state index contributed by atoms with van der Waals surface area (Å²) in [5.74, 6) is -0.747. The molecule has 0 radical (unpaired) electrons. The van der Waals surface area contributed by atoms with Gasteiger partial charge in [0, 0.05) is 6.54 Å². The second kappa shape index (κ2) is 5.47. The van der Waals surface area contributed by atoms with Crippen LogP contribution in [0.15, 0.2) is 0 Å². The minimum Gasteiger partial charge on any atom is -0.480 e. The third kappa shape index (κ3) is 3.47. The van der Waals surface area contributed by atoms with Gasteiger partial charge in [0.2, 0.25) is 0 Å². The van der Waals surface area contributed by atoms with Gasteiger partial charge in [-0.3, -0.25) is 4.79 Å². The molecule has 1 atom stereocenters. The fourth-order valence-corrected chi connectivity index (χ4v) is 1.99. The van der Waals surface area contributed by atoms with E-state index in [2.05, 4.69) is 10.2 Å². The van der Waals surface area contributed by atoms with E-state index in [0.717, 1.165) is 26.1 Å². The Balaban J connectivity index is 2.51. The normalized spacial score (nSPS) is 21.5. The molecule has 0 amide bonds. The van der Waals surface area contributed by atoms with E-state index in [1.165, 1.54) is 12.8 Å². The third-order valence-corrected chi connectivity index (χ3v) is 2.98. The highest BCUT2D eigenvalue weighted by molar-refractivity contribution is 5.78. The molecule has 0 saturated carbocycles. The van der Waals surface area contributed by atoms with E-state index in [0.29, 0.717) is 6.54 Å². The van der Waals surface area contributed by atoms with Crippen molar-refractivity contribution in [3.63, 3.8) is 0 Å². The summed E-state index contributed by atoms with van der Waals surface area (Å²) in [6.45, 7) is 7.28. The molecule has 88 valence electrons. The third-order valence-electron chi connectivity index (χ3n) is 2.98. The molecule has 4 heteroatoms. The molecular weight excluding hydrogens is 192 g/mol. The molecule has 1 heterocycles. The molecule has 0 aromatic heterocycles. The van der Waals surface area contributed by atoms with Crippen LogP contribution in [0.1, 0.15) is 33.1 Å². The number of carbonyl (C=O) groups is 1. The van der Waals surface area contributed by atoms with Crippen molar-refractivity contribution in [2.24, 2.45) is 0 Å². The smallest absolute Gasteiger partial charge is 0.324 e. The summed E-state index contributed by atoms with van der Waals surface area (Å²) in [4.78, 5) is 13.5. The lowest BCUT2D eigenvalue weighted by atomic mass is 10.0. The van der Waals surface area contributed by atoms with Gasteiger partial charge in [0.15, 0.2) is 0 Å². The van der Waals surface area contributed by atoms with Crippen LogP contribution >= 0.6 is 0 Å². The SMILES string of the molecule is CCCNC(C)(CN1CCCC1)C(=O)O. The topological polar surface area (TPSA) is 52.6 Å². The minimum atomic E-state index is -0.791. The first-order valence-electron chi connectivity index (χ1n) is 5.79. The largest absolute Gasteiger partial charge is 0.480 e. The summed E-state index contributed by atoms with van der Waals surface area (Å²) in [5.41, 5.74) is -0.791. The molecule has 4 nitrogen and oxygen atoms in total. The molecule has 15 heavy (non-hydrogen) atoms. The predicted molar refractivity (Wildman–Crippen MR) is 60.0 cm³/mol. The first-order valence-corrected chi connectivity index (χ1v) is 5.79. The Morgan fingerprint density at radius 2 is 2.07 bits per heavy atom. The van der Waals surface area contributed by atoms with Crippen LogP contribution in [0.4, 0.5) is 0 Å². The van der Waals surface area contributed by atoms with Crippen molar-refractivity contribution in [2.45, 2.75) is 38.6 Å². The molecule has 0 aliphatic carbocycles. The fraction of sp³-hybridized carbons (Fsp3) is 0.909. The molecule has 0 aromatic carbocycles. The van der Waals surface area contributed by atoms with E-state index in [1.807, 2.05) is 6.92 Å². The van der Waals surface area contributed by atoms with Crippen LogP contribution in [0.2, 0.25) is 0 Å². The number of likely N-dealkylation sites (tertiary alicyclic amines) is 1. The van der Waals surface area contributed by atoms with Crippen LogP contribution in [-0.2, 0) is 4.79 Å². The van der Waals surface area contributed by atoms with Crippen molar-refractivity contribution >= 4 is 5.97 Å². The summed E-state index contributed by atoms with van der Waals surface area (Å²) < 4.78 is 0. The molecule has 1 unspecified atom stereocenters. The molecule has 1 rings (SSSR count). The van der Waals surface area contributed by atoms with Gasteiger partial charge in [0.05, 0.1) is 0 Å². The molecule has 1 fully saturated rings. The first-order chi connectivity index (χ1) is 7.08. The minimum absolute atomic E-state index is 0.613. The summed E-state index contributed by atoms with van der Waals surface area (Å²) in [7, 11) is 0. The van der Waals surface area contributed by atoms with Gasteiger partial charge in [0.1, 0.15) is 5.54 Å². The quantitative estimate of drug-likeness (QED) is 0.690. The van der Waals surface area contributed by atoms with Gasteiger partial charge < -0.3 is 15.3 Å². The van der Waals surface area contributed by atoms with Crippen molar-refractivity contribution < 1.29 is 9.90 Å². The molecule has 0 spiro atoms. The summed E-state index contributed by atoms with van der Waals surface area (Å²) in [6, 6.07) is 0. The van der Waals surface area contributed by atoms with Gasteiger partial charge in [-0.1, -0.05) is 6.92 Å². The van der Waals surface area contributed by atoms with Crippen LogP contribution in [0, 0.1) is 0 Å². The van der Waals surface area contributed by atoms with Crippen molar-refractivity contribution in [3.8, 4) is 0 Å². The number of carboxylic acid groups (broad SMARTS) is 1. The van der Waals surface area contributed by atoms with Gasteiger partial charge in [-0.25, -0.2) is 0 Å². The lowest BCUT2D eigenvalue weighted by Crippen LogP contribution is -2.56. The Labute approximate surface area is 91.6 Å².